The van der Waals surface area contributed by atoms with Gasteiger partial charge in [-0.05, 0) is 31.4 Å². The maximum Gasteiger partial charge on any atom is 0.316 e. The van der Waals surface area contributed by atoms with Gasteiger partial charge < -0.3 is 4.74 Å². The van der Waals surface area contributed by atoms with E-state index in [-0.39, 0.29) is 11.5 Å². The fourth-order valence-electron chi connectivity index (χ4n) is 1.83. The summed E-state index contributed by atoms with van der Waals surface area (Å²) in [6, 6.07) is 11.5. The summed E-state index contributed by atoms with van der Waals surface area (Å²) in [6.07, 6.45) is -0.700. The van der Waals surface area contributed by atoms with Gasteiger partial charge in [-0.1, -0.05) is 35.9 Å². The number of rotatable bonds is 5. The van der Waals surface area contributed by atoms with Gasteiger partial charge in [0.05, 0.1) is 5.75 Å². The molecule has 110 valence electrons. The lowest BCUT2D eigenvalue weighted by atomic mass is 10.1. The van der Waals surface area contributed by atoms with Gasteiger partial charge in [-0.3, -0.25) is 9.59 Å². The molecule has 0 aromatic heterocycles. The average Bonchev–Trinajstić information content (AvgIpc) is 2.45. The Balaban J connectivity index is 2.11. The lowest BCUT2D eigenvalue weighted by molar-refractivity contribution is -0.150. The van der Waals surface area contributed by atoms with Crippen LogP contribution in [0, 0.1) is 0 Å². The average molecular weight is 323 g/mol. The molecular weight excluding hydrogens is 308 g/mol. The molecule has 0 unspecified atom stereocenters. The van der Waals surface area contributed by atoms with E-state index in [1.165, 1.54) is 18.7 Å². The number of ketones is 1. The first kappa shape index (κ1) is 15.9. The van der Waals surface area contributed by atoms with Crippen LogP contribution in [-0.2, 0) is 14.3 Å². The Morgan fingerprint density at radius 1 is 1.24 bits per heavy atom. The van der Waals surface area contributed by atoms with Crippen LogP contribution in [0.15, 0.2) is 41.3 Å². The Morgan fingerprint density at radius 3 is 2.57 bits per heavy atom. The van der Waals surface area contributed by atoms with E-state index in [9.17, 15) is 9.59 Å². The summed E-state index contributed by atoms with van der Waals surface area (Å²) in [6.45, 7) is 2.97. The molecule has 21 heavy (non-hydrogen) atoms. The molecule has 0 heterocycles. The zero-order valence-corrected chi connectivity index (χ0v) is 13.3. The fourth-order valence-corrected chi connectivity index (χ4v) is 3.06. The minimum Gasteiger partial charge on any atom is -0.454 e. The van der Waals surface area contributed by atoms with Crippen molar-refractivity contribution in [3.05, 3.63) is 41.4 Å². The van der Waals surface area contributed by atoms with Crippen LogP contribution in [0.3, 0.4) is 0 Å². The molecule has 2 rings (SSSR count). The number of esters is 1. The predicted octanol–water partition coefficient (Wildman–Crippen LogP) is 4.11. The molecule has 0 bridgehead atoms. The molecule has 0 aliphatic rings. The van der Waals surface area contributed by atoms with Crippen molar-refractivity contribution in [2.24, 2.45) is 0 Å². The molecule has 1 atom stereocenters. The number of hydrogen-bond acceptors (Lipinski definition) is 4. The van der Waals surface area contributed by atoms with Gasteiger partial charge in [0.2, 0.25) is 0 Å². The topological polar surface area (TPSA) is 43.4 Å². The highest BCUT2D eigenvalue weighted by Crippen LogP contribution is 2.33. The molecule has 0 aliphatic heterocycles. The van der Waals surface area contributed by atoms with Crippen LogP contribution < -0.4 is 0 Å². The monoisotopic (exact) mass is 322 g/mol. The molecule has 2 aromatic rings. The van der Waals surface area contributed by atoms with Crippen molar-refractivity contribution in [2.45, 2.75) is 24.8 Å². The lowest BCUT2D eigenvalue weighted by Gasteiger charge is -2.11. The van der Waals surface area contributed by atoms with Gasteiger partial charge >= 0.3 is 5.97 Å². The summed E-state index contributed by atoms with van der Waals surface area (Å²) >= 11 is 7.58. The number of thioether (sulfide) groups is 1. The summed E-state index contributed by atoms with van der Waals surface area (Å²) in [4.78, 5) is 23.7. The maximum absolute atomic E-state index is 11.7. The van der Waals surface area contributed by atoms with Crippen molar-refractivity contribution < 1.29 is 14.3 Å². The zero-order chi connectivity index (χ0) is 15.4. The number of Topliss-reactive ketones (excluding diaryl/α,β-unsaturated/α-hetero) is 1. The van der Waals surface area contributed by atoms with Crippen LogP contribution in [0.4, 0.5) is 0 Å². The van der Waals surface area contributed by atoms with Crippen molar-refractivity contribution in [3.8, 4) is 0 Å². The van der Waals surface area contributed by atoms with Crippen LogP contribution >= 0.6 is 23.4 Å². The van der Waals surface area contributed by atoms with Crippen LogP contribution in [0.1, 0.15) is 13.8 Å². The highest BCUT2D eigenvalue weighted by molar-refractivity contribution is 8.00. The third kappa shape index (κ3) is 3.99. The molecule has 3 nitrogen and oxygen atoms in total. The molecule has 0 saturated heterocycles. The molecule has 0 amide bonds. The van der Waals surface area contributed by atoms with Gasteiger partial charge in [-0.15, -0.1) is 11.8 Å². The van der Waals surface area contributed by atoms with Crippen molar-refractivity contribution in [2.75, 3.05) is 5.75 Å². The van der Waals surface area contributed by atoms with Crippen LogP contribution in [-0.4, -0.2) is 23.6 Å². The second kappa shape index (κ2) is 6.96. The molecule has 0 fully saturated rings. The minimum atomic E-state index is -0.700. The van der Waals surface area contributed by atoms with E-state index in [2.05, 4.69) is 0 Å². The highest BCUT2D eigenvalue weighted by Gasteiger charge is 2.14. The highest BCUT2D eigenvalue weighted by atomic mass is 35.5. The molecule has 0 N–H and O–H groups in total. The van der Waals surface area contributed by atoms with E-state index in [1.54, 1.807) is 6.92 Å². The smallest absolute Gasteiger partial charge is 0.316 e. The first-order valence-corrected chi connectivity index (χ1v) is 7.85. The van der Waals surface area contributed by atoms with E-state index in [1.807, 2.05) is 36.4 Å². The third-order valence-electron chi connectivity index (χ3n) is 3.04. The lowest BCUT2D eigenvalue weighted by Crippen LogP contribution is -2.22. The van der Waals surface area contributed by atoms with E-state index in [0.29, 0.717) is 5.02 Å². The van der Waals surface area contributed by atoms with Crippen LogP contribution in [0.2, 0.25) is 5.02 Å². The Hall–Kier alpha value is -1.52. The first-order valence-electron chi connectivity index (χ1n) is 6.49. The van der Waals surface area contributed by atoms with E-state index in [4.69, 9.17) is 16.3 Å². The van der Waals surface area contributed by atoms with E-state index < -0.39 is 12.1 Å². The Labute approximate surface area is 132 Å². The standard InChI is InChI=1S/C16H15ClO3S/c1-10(18)11(2)20-15(19)9-21-14-8-4-6-12-5-3-7-13(17)16(12)14/h3-8,11H,9H2,1-2H3/t11-/m0/s1. The Kier molecular flexibility index (Phi) is 5.26. The molecule has 2 aromatic carbocycles. The number of ether oxygens (including phenoxy) is 1. The summed E-state index contributed by atoms with van der Waals surface area (Å²) in [7, 11) is 0. The molecule has 0 aliphatic carbocycles. The number of carbonyl (C=O) groups is 2. The summed E-state index contributed by atoms with van der Waals surface area (Å²) in [5, 5.41) is 2.61. The molecule has 0 radical (unpaired) electrons. The minimum absolute atomic E-state index is 0.141. The SMILES string of the molecule is CC(=O)[C@H](C)OC(=O)CSc1cccc2cccc(Cl)c12. The van der Waals surface area contributed by atoms with Gasteiger partial charge in [0.1, 0.15) is 0 Å². The van der Waals surface area contributed by atoms with E-state index in [0.717, 1.165) is 15.7 Å². The van der Waals surface area contributed by atoms with Gasteiger partial charge in [0.15, 0.2) is 11.9 Å². The summed E-state index contributed by atoms with van der Waals surface area (Å²) in [5.74, 6) is -0.435. The number of carbonyl (C=O) groups excluding carboxylic acids is 2. The summed E-state index contributed by atoms with van der Waals surface area (Å²) in [5.41, 5.74) is 0. The van der Waals surface area contributed by atoms with Crippen molar-refractivity contribution >= 4 is 45.9 Å². The second-order valence-electron chi connectivity index (χ2n) is 4.63. The van der Waals surface area contributed by atoms with Crippen molar-refractivity contribution in [1.82, 2.24) is 0 Å². The normalized spacial score (nSPS) is 12.1. The number of fused-ring (bicyclic) bond motifs is 1. The number of hydrogen-bond donors (Lipinski definition) is 0. The summed E-state index contributed by atoms with van der Waals surface area (Å²) < 4.78 is 5.03. The van der Waals surface area contributed by atoms with Crippen LogP contribution in [0.25, 0.3) is 10.8 Å². The second-order valence-corrected chi connectivity index (χ2v) is 6.05. The fraction of sp³-hybridized carbons (Fsp3) is 0.250. The van der Waals surface area contributed by atoms with Gasteiger partial charge in [-0.2, -0.15) is 0 Å². The number of benzene rings is 2. The molecule has 0 spiro atoms. The first-order chi connectivity index (χ1) is 9.99. The van der Waals surface area contributed by atoms with E-state index >= 15 is 0 Å². The van der Waals surface area contributed by atoms with Crippen molar-refractivity contribution in [1.29, 1.82) is 0 Å². The number of halogens is 1. The molecular formula is C16H15ClO3S. The molecule has 0 saturated carbocycles. The quantitative estimate of drug-likeness (QED) is 0.614. The Morgan fingerprint density at radius 2 is 1.90 bits per heavy atom. The van der Waals surface area contributed by atoms with Gasteiger partial charge in [0, 0.05) is 15.3 Å². The van der Waals surface area contributed by atoms with Gasteiger partial charge in [0.25, 0.3) is 0 Å². The third-order valence-corrected chi connectivity index (χ3v) is 4.39. The maximum atomic E-state index is 11.7. The zero-order valence-electron chi connectivity index (χ0n) is 11.8. The van der Waals surface area contributed by atoms with Crippen molar-refractivity contribution in [3.63, 3.8) is 0 Å². The van der Waals surface area contributed by atoms with Crippen LogP contribution in [0.5, 0.6) is 0 Å². The Bertz CT molecular complexity index is 679. The molecule has 5 heteroatoms. The van der Waals surface area contributed by atoms with Gasteiger partial charge in [-0.25, -0.2) is 0 Å². The largest absolute Gasteiger partial charge is 0.454 e. The predicted molar refractivity (Wildman–Crippen MR) is 85.9 cm³/mol.